The Bertz CT molecular complexity index is 1460. The van der Waals surface area contributed by atoms with E-state index in [0.717, 1.165) is 6.42 Å². The second-order valence-electron chi connectivity index (χ2n) is 9.77. The van der Waals surface area contributed by atoms with Gasteiger partial charge in [-0.3, -0.25) is 0 Å². The molecule has 6 rings (SSSR count). The minimum absolute atomic E-state index is 0. The van der Waals surface area contributed by atoms with Crippen LogP contribution < -0.4 is 0 Å². The Morgan fingerprint density at radius 3 is 1.18 bits per heavy atom. The van der Waals surface area contributed by atoms with Gasteiger partial charge in [-0.15, -0.1) is 93.9 Å². The summed E-state index contributed by atoms with van der Waals surface area (Å²) >= 11 is 0. The van der Waals surface area contributed by atoms with Gasteiger partial charge >= 0.3 is 25.8 Å². The van der Waals surface area contributed by atoms with Gasteiger partial charge in [0.15, 0.2) is 0 Å². The van der Waals surface area contributed by atoms with Crippen molar-refractivity contribution >= 4 is 46.4 Å². The maximum atomic E-state index is 3.38. The fraction of sp³-hybridized carbons (Fsp3) is 0.135. The molecule has 0 saturated heterocycles. The van der Waals surface area contributed by atoms with Crippen LogP contribution in [-0.2, 0) is 25.8 Å². The molecule has 204 valence electrons. The van der Waals surface area contributed by atoms with Crippen LogP contribution in [0.2, 0.25) is 0 Å². The van der Waals surface area contributed by atoms with E-state index in [-0.39, 0.29) is 50.7 Å². The summed E-state index contributed by atoms with van der Waals surface area (Å²) < 4.78 is 0. The van der Waals surface area contributed by atoms with Crippen molar-refractivity contribution in [2.24, 2.45) is 0 Å². The Morgan fingerprint density at radius 2 is 0.850 bits per heavy atom. The van der Waals surface area contributed by atoms with Crippen LogP contribution in [0.15, 0.2) is 109 Å². The van der Waals surface area contributed by atoms with Gasteiger partial charge in [0.25, 0.3) is 0 Å². The van der Waals surface area contributed by atoms with E-state index in [1.165, 1.54) is 66.1 Å². The summed E-state index contributed by atoms with van der Waals surface area (Å²) in [5, 5.41) is 5.38. The van der Waals surface area contributed by atoms with Gasteiger partial charge in [0.05, 0.1) is 0 Å². The normalized spacial score (nSPS) is 9.75. The predicted octanol–water partition coefficient (Wildman–Crippen LogP) is 11.6. The van der Waals surface area contributed by atoms with E-state index in [0.29, 0.717) is 0 Å². The molecule has 0 nitrogen and oxygen atoms in total. The van der Waals surface area contributed by atoms with Gasteiger partial charge in [-0.1, -0.05) is 96.8 Å². The zero-order valence-corrected chi connectivity index (χ0v) is 29.1. The van der Waals surface area contributed by atoms with E-state index >= 15 is 0 Å². The first-order valence-corrected chi connectivity index (χ1v) is 12.9. The number of halogens is 2. The number of rotatable bonds is 2. The standard InChI is InChI=1S/2C17H15.C3H6.2ClH.Hf/c2*1-12-6-8-14(9-7-12)16-5-3-4-15-10-13(2)11-17(15)16;1-3-2;;;/h2*3-11H,1-2H3;1-3H2;2*1H;/q2*-1;-2;;;+4. The van der Waals surface area contributed by atoms with Crippen molar-refractivity contribution in [3.63, 3.8) is 0 Å². The Balaban J connectivity index is 0.000000341. The zero-order chi connectivity index (χ0) is 26.4. The molecular weight excluding hydrogens is 694 g/mol. The Kier molecular flexibility index (Phi) is 14.9. The third-order valence-corrected chi connectivity index (χ3v) is 6.52. The molecule has 0 aliphatic heterocycles. The first kappa shape index (κ1) is 35.6. The molecule has 0 amide bonds. The molecule has 0 bridgehead atoms. The maximum absolute atomic E-state index is 3.38. The number of hydrogen-bond acceptors (Lipinski definition) is 0. The summed E-state index contributed by atoms with van der Waals surface area (Å²) in [5.74, 6) is 0. The minimum atomic E-state index is 0. The fourth-order valence-electron chi connectivity index (χ4n) is 4.74. The SMILES string of the molecule is Cc1ccc(-c2cccc3[cH-]c(C)cc23)cc1.Cc1ccc(-c2cccc3[cH-]c(C)cc23)cc1.Cl.Cl.[CH2-]C[CH2-].[Hf+4]. The largest absolute Gasteiger partial charge is 4.00 e. The van der Waals surface area contributed by atoms with Crippen molar-refractivity contribution in [3.05, 3.63) is 145 Å². The third kappa shape index (κ3) is 8.77. The fourth-order valence-corrected chi connectivity index (χ4v) is 4.74. The summed E-state index contributed by atoms with van der Waals surface area (Å²) in [6.07, 6.45) is 0.750. The number of aryl methyl sites for hydroxylation is 4. The maximum Gasteiger partial charge on any atom is 4.00 e. The van der Waals surface area contributed by atoms with E-state index in [1.54, 1.807) is 0 Å². The smallest absolute Gasteiger partial charge is 0.372 e. The molecule has 0 atom stereocenters. The molecule has 0 unspecified atom stereocenters. The van der Waals surface area contributed by atoms with Gasteiger partial charge in [-0.25, -0.2) is 0 Å². The second-order valence-corrected chi connectivity index (χ2v) is 9.77. The molecule has 6 aromatic carbocycles. The second kappa shape index (κ2) is 16.7. The molecule has 3 heteroatoms. The summed E-state index contributed by atoms with van der Waals surface area (Å²) in [6, 6.07) is 39.5. The molecule has 0 aliphatic carbocycles. The van der Waals surface area contributed by atoms with Crippen LogP contribution in [0.1, 0.15) is 28.7 Å². The van der Waals surface area contributed by atoms with Crippen LogP contribution in [0, 0.1) is 41.5 Å². The van der Waals surface area contributed by atoms with Gasteiger partial charge in [-0.05, 0) is 25.0 Å². The van der Waals surface area contributed by atoms with Gasteiger partial charge in [0.2, 0.25) is 0 Å². The van der Waals surface area contributed by atoms with Gasteiger partial charge in [-0.2, -0.15) is 12.1 Å². The average Bonchev–Trinajstić information content (AvgIpc) is 3.46. The average molecular weight is 732 g/mol. The van der Waals surface area contributed by atoms with E-state index in [1.807, 2.05) is 0 Å². The van der Waals surface area contributed by atoms with E-state index < -0.39 is 0 Å². The number of benzene rings is 4. The van der Waals surface area contributed by atoms with Crippen LogP contribution >= 0.6 is 24.8 Å². The number of fused-ring (bicyclic) bond motifs is 2. The molecule has 0 aromatic heterocycles. The summed E-state index contributed by atoms with van der Waals surface area (Å²) in [7, 11) is 0. The van der Waals surface area contributed by atoms with Crippen molar-refractivity contribution < 1.29 is 25.8 Å². The first-order valence-electron chi connectivity index (χ1n) is 12.9. The Labute approximate surface area is 272 Å². The first-order chi connectivity index (χ1) is 17.9. The Hall–Kier alpha value is -2.45. The molecule has 6 aromatic rings. The van der Waals surface area contributed by atoms with Crippen molar-refractivity contribution in [3.8, 4) is 22.3 Å². The van der Waals surface area contributed by atoms with Crippen LogP contribution in [0.25, 0.3) is 43.8 Å². The van der Waals surface area contributed by atoms with Crippen molar-refractivity contribution in [1.82, 2.24) is 0 Å². The van der Waals surface area contributed by atoms with E-state index in [4.69, 9.17) is 0 Å². The van der Waals surface area contributed by atoms with E-state index in [2.05, 4.69) is 151 Å². The van der Waals surface area contributed by atoms with Crippen molar-refractivity contribution in [1.29, 1.82) is 0 Å². The molecule has 0 spiro atoms. The van der Waals surface area contributed by atoms with Crippen LogP contribution in [0.3, 0.4) is 0 Å². The topological polar surface area (TPSA) is 0 Å². The molecule has 0 fully saturated rings. The van der Waals surface area contributed by atoms with Crippen LogP contribution in [0.5, 0.6) is 0 Å². The predicted molar refractivity (Wildman–Crippen MR) is 179 cm³/mol. The zero-order valence-electron chi connectivity index (χ0n) is 23.8. The van der Waals surface area contributed by atoms with Gasteiger partial charge in [0, 0.05) is 0 Å². The molecule has 0 aliphatic rings. The molecular formula is C37H38Cl2Hf. The summed E-state index contributed by atoms with van der Waals surface area (Å²) in [4.78, 5) is 0. The van der Waals surface area contributed by atoms with Gasteiger partial charge < -0.3 is 20.3 Å². The summed E-state index contributed by atoms with van der Waals surface area (Å²) in [6.45, 7) is 15.3. The molecule has 0 N–H and O–H groups in total. The Morgan fingerprint density at radius 1 is 0.525 bits per heavy atom. The minimum Gasteiger partial charge on any atom is -0.372 e. The third-order valence-electron chi connectivity index (χ3n) is 6.52. The molecule has 40 heavy (non-hydrogen) atoms. The van der Waals surface area contributed by atoms with E-state index in [9.17, 15) is 0 Å². The van der Waals surface area contributed by atoms with Crippen molar-refractivity contribution in [2.75, 3.05) is 0 Å². The molecule has 0 radical (unpaired) electrons. The van der Waals surface area contributed by atoms with Crippen LogP contribution in [0.4, 0.5) is 0 Å². The quantitative estimate of drug-likeness (QED) is 0.123. The monoisotopic (exact) mass is 732 g/mol. The van der Waals surface area contributed by atoms with Crippen molar-refractivity contribution in [2.45, 2.75) is 34.1 Å². The van der Waals surface area contributed by atoms with Gasteiger partial charge in [0.1, 0.15) is 0 Å². The van der Waals surface area contributed by atoms with Crippen LogP contribution in [-0.4, -0.2) is 0 Å². The summed E-state index contributed by atoms with van der Waals surface area (Å²) in [5.41, 5.74) is 10.5. The molecule has 0 saturated carbocycles. The number of hydrogen-bond donors (Lipinski definition) is 0. The molecule has 0 heterocycles.